The molecule has 4 nitrogen and oxygen atoms in total. The number of aliphatic hydroxyl groups is 1. The van der Waals surface area contributed by atoms with Crippen LogP contribution >= 0.6 is 0 Å². The fourth-order valence-electron chi connectivity index (χ4n) is 4.40. The molecule has 0 saturated carbocycles. The first-order chi connectivity index (χ1) is 14.8. The van der Waals surface area contributed by atoms with Crippen LogP contribution in [0.2, 0.25) is 0 Å². The monoisotopic (exact) mass is 402 g/mol. The van der Waals surface area contributed by atoms with Gasteiger partial charge in [0.25, 0.3) is 0 Å². The lowest BCUT2D eigenvalue weighted by molar-refractivity contribution is -0.0848. The minimum Gasteiger partial charge on any atom is -0.390 e. The predicted molar refractivity (Wildman–Crippen MR) is 114 cm³/mol. The van der Waals surface area contributed by atoms with E-state index in [1.165, 1.54) is 0 Å². The molecule has 2 aliphatic heterocycles. The van der Waals surface area contributed by atoms with Crippen molar-refractivity contribution < 1.29 is 19.3 Å². The number of aliphatic hydroxyl groups excluding tert-OH is 1. The van der Waals surface area contributed by atoms with Gasteiger partial charge in [0.1, 0.15) is 17.8 Å². The number of rotatable bonds is 7. The van der Waals surface area contributed by atoms with Gasteiger partial charge in [0.2, 0.25) is 0 Å². The molecular weight excluding hydrogens is 376 g/mol. The Morgan fingerprint density at radius 3 is 1.67 bits per heavy atom. The summed E-state index contributed by atoms with van der Waals surface area (Å²) in [5, 5.41) is 10.6. The number of epoxide rings is 1. The molecule has 0 bridgehead atoms. The largest absolute Gasteiger partial charge is 0.390 e. The highest BCUT2D eigenvalue weighted by molar-refractivity contribution is 5.47. The van der Waals surface area contributed by atoms with Gasteiger partial charge in [-0.2, -0.15) is 0 Å². The molecule has 0 radical (unpaired) electrons. The standard InChI is InChI=1S/C26H26O4/c27-22-16-23(25-17-28-25)30-24(22)18-29-26(19-10-4-1-5-11-19,20-12-6-2-7-13-20)21-14-8-3-9-15-21/h1-15,22-25,27H,16-18H2/t22-,23+,24+,25-/m1/s1. The molecule has 3 aromatic rings. The zero-order chi connectivity index (χ0) is 20.4. The molecule has 2 saturated heterocycles. The Morgan fingerprint density at radius 2 is 1.23 bits per heavy atom. The van der Waals surface area contributed by atoms with E-state index in [4.69, 9.17) is 14.2 Å². The first-order valence-corrected chi connectivity index (χ1v) is 10.5. The minimum absolute atomic E-state index is 0.0480. The van der Waals surface area contributed by atoms with Crippen LogP contribution in [-0.2, 0) is 19.8 Å². The van der Waals surface area contributed by atoms with Crippen LogP contribution in [0.3, 0.4) is 0 Å². The molecule has 4 atom stereocenters. The Labute approximate surface area is 177 Å². The van der Waals surface area contributed by atoms with Gasteiger partial charge in [0.05, 0.1) is 25.4 Å². The summed E-state index contributed by atoms with van der Waals surface area (Å²) in [4.78, 5) is 0. The Kier molecular flexibility index (Phi) is 5.40. The summed E-state index contributed by atoms with van der Waals surface area (Å²) in [7, 11) is 0. The van der Waals surface area contributed by atoms with E-state index in [0.29, 0.717) is 13.0 Å². The van der Waals surface area contributed by atoms with Gasteiger partial charge in [-0.25, -0.2) is 0 Å². The maximum absolute atomic E-state index is 10.6. The quantitative estimate of drug-likeness (QED) is 0.481. The summed E-state index contributed by atoms with van der Waals surface area (Å²) >= 11 is 0. The Bertz CT molecular complexity index is 844. The first-order valence-electron chi connectivity index (χ1n) is 10.5. The Balaban J connectivity index is 1.54. The Hall–Kier alpha value is -2.50. The van der Waals surface area contributed by atoms with Crippen molar-refractivity contribution in [2.45, 2.75) is 36.4 Å². The van der Waals surface area contributed by atoms with Crippen molar-refractivity contribution in [3.63, 3.8) is 0 Å². The van der Waals surface area contributed by atoms with Crippen LogP contribution in [0.4, 0.5) is 0 Å². The molecule has 0 aliphatic carbocycles. The summed E-state index contributed by atoms with van der Waals surface area (Å²) in [5.41, 5.74) is 2.31. The van der Waals surface area contributed by atoms with Gasteiger partial charge in [-0.05, 0) is 16.7 Å². The summed E-state index contributed by atoms with van der Waals surface area (Å²) in [5.74, 6) is 0. The number of ether oxygens (including phenoxy) is 3. The first kappa shape index (κ1) is 19.5. The van der Waals surface area contributed by atoms with Crippen molar-refractivity contribution in [2.24, 2.45) is 0 Å². The molecule has 1 N–H and O–H groups in total. The van der Waals surface area contributed by atoms with Crippen LogP contribution in [0, 0.1) is 0 Å². The van der Waals surface area contributed by atoms with Crippen molar-refractivity contribution in [2.75, 3.05) is 13.2 Å². The van der Waals surface area contributed by atoms with Crippen LogP contribution in [0.1, 0.15) is 23.1 Å². The summed E-state index contributed by atoms with van der Waals surface area (Å²) in [6.45, 7) is 0.996. The third-order valence-electron chi connectivity index (χ3n) is 6.03. The van der Waals surface area contributed by atoms with E-state index < -0.39 is 11.7 Å². The smallest absolute Gasteiger partial charge is 0.143 e. The second-order valence-corrected chi connectivity index (χ2v) is 7.98. The fraction of sp³-hybridized carbons (Fsp3) is 0.308. The van der Waals surface area contributed by atoms with Crippen LogP contribution < -0.4 is 0 Å². The molecule has 0 spiro atoms. The molecule has 0 aromatic heterocycles. The van der Waals surface area contributed by atoms with Crippen molar-refractivity contribution in [3.8, 4) is 0 Å². The highest BCUT2D eigenvalue weighted by Gasteiger charge is 2.45. The zero-order valence-corrected chi connectivity index (χ0v) is 16.8. The maximum atomic E-state index is 10.6. The molecule has 0 amide bonds. The van der Waals surface area contributed by atoms with E-state index in [1.54, 1.807) is 0 Å². The van der Waals surface area contributed by atoms with E-state index >= 15 is 0 Å². The number of benzene rings is 3. The summed E-state index contributed by atoms with van der Waals surface area (Å²) in [6.07, 6.45) is -0.276. The highest BCUT2D eigenvalue weighted by atomic mass is 16.6. The fourth-order valence-corrected chi connectivity index (χ4v) is 4.40. The number of hydrogen-bond donors (Lipinski definition) is 1. The number of hydrogen-bond acceptors (Lipinski definition) is 4. The maximum Gasteiger partial charge on any atom is 0.143 e. The van der Waals surface area contributed by atoms with Crippen molar-refractivity contribution in [1.82, 2.24) is 0 Å². The predicted octanol–water partition coefficient (Wildman–Crippen LogP) is 3.91. The SMILES string of the molecule is O[C@@H]1C[C@@H]([C@H]2CO2)O[C@H]1COC(c1ccccc1)(c1ccccc1)c1ccccc1. The van der Waals surface area contributed by atoms with E-state index in [0.717, 1.165) is 16.7 Å². The van der Waals surface area contributed by atoms with Gasteiger partial charge in [-0.15, -0.1) is 0 Å². The molecular formula is C26H26O4. The highest BCUT2D eigenvalue weighted by Crippen LogP contribution is 2.41. The van der Waals surface area contributed by atoms with E-state index in [9.17, 15) is 5.11 Å². The van der Waals surface area contributed by atoms with Crippen LogP contribution in [0.25, 0.3) is 0 Å². The van der Waals surface area contributed by atoms with Gasteiger partial charge < -0.3 is 19.3 Å². The second-order valence-electron chi connectivity index (χ2n) is 7.98. The lowest BCUT2D eigenvalue weighted by Gasteiger charge is -2.37. The third kappa shape index (κ3) is 3.68. The molecule has 4 heteroatoms. The molecule has 2 aliphatic rings. The zero-order valence-electron chi connectivity index (χ0n) is 16.8. The Morgan fingerprint density at radius 1 is 0.767 bits per heavy atom. The molecule has 3 aromatic carbocycles. The van der Waals surface area contributed by atoms with Crippen LogP contribution in [0.5, 0.6) is 0 Å². The molecule has 30 heavy (non-hydrogen) atoms. The van der Waals surface area contributed by atoms with E-state index in [-0.39, 0.29) is 24.9 Å². The molecule has 2 fully saturated rings. The van der Waals surface area contributed by atoms with Crippen LogP contribution in [0.15, 0.2) is 91.0 Å². The van der Waals surface area contributed by atoms with Gasteiger partial charge in [-0.3, -0.25) is 0 Å². The minimum atomic E-state index is -0.805. The lowest BCUT2D eigenvalue weighted by Crippen LogP contribution is -2.38. The van der Waals surface area contributed by atoms with Crippen molar-refractivity contribution >= 4 is 0 Å². The second kappa shape index (κ2) is 8.32. The van der Waals surface area contributed by atoms with Gasteiger partial charge >= 0.3 is 0 Å². The van der Waals surface area contributed by atoms with Gasteiger partial charge in [-0.1, -0.05) is 91.0 Å². The van der Waals surface area contributed by atoms with Gasteiger partial charge in [0.15, 0.2) is 0 Å². The topological polar surface area (TPSA) is 51.2 Å². The van der Waals surface area contributed by atoms with E-state index in [2.05, 4.69) is 36.4 Å². The van der Waals surface area contributed by atoms with Crippen LogP contribution in [-0.4, -0.2) is 42.7 Å². The molecule has 2 heterocycles. The lowest BCUT2D eigenvalue weighted by atomic mass is 9.80. The summed E-state index contributed by atoms with van der Waals surface area (Å²) < 4.78 is 18.2. The van der Waals surface area contributed by atoms with Crippen molar-refractivity contribution in [3.05, 3.63) is 108 Å². The van der Waals surface area contributed by atoms with Crippen molar-refractivity contribution in [1.29, 1.82) is 0 Å². The average Bonchev–Trinajstić information content (AvgIpc) is 3.59. The van der Waals surface area contributed by atoms with Gasteiger partial charge in [0, 0.05) is 6.42 Å². The normalized spacial score (nSPS) is 25.9. The molecule has 5 rings (SSSR count). The summed E-state index contributed by atoms with van der Waals surface area (Å²) in [6, 6.07) is 30.7. The van der Waals surface area contributed by atoms with E-state index in [1.807, 2.05) is 54.6 Å². The molecule has 0 unspecified atom stereocenters. The molecule has 154 valence electrons. The third-order valence-corrected chi connectivity index (χ3v) is 6.03. The average molecular weight is 402 g/mol.